The maximum Gasteiger partial charge on any atom is 0.313 e. The number of rotatable bonds is 5. The van der Waals surface area contributed by atoms with Crippen LogP contribution in [0.2, 0.25) is 0 Å². The van der Waals surface area contributed by atoms with E-state index in [1.165, 1.54) is 12.4 Å². The van der Waals surface area contributed by atoms with E-state index in [1.807, 2.05) is 17.9 Å². The summed E-state index contributed by atoms with van der Waals surface area (Å²) in [5.41, 5.74) is -0.201. The van der Waals surface area contributed by atoms with E-state index < -0.39 is 5.41 Å². The van der Waals surface area contributed by atoms with Crippen molar-refractivity contribution in [3.63, 3.8) is 0 Å². The van der Waals surface area contributed by atoms with Crippen LogP contribution in [0.3, 0.4) is 0 Å². The molecule has 1 aromatic rings. The molecule has 1 amide bonds. The van der Waals surface area contributed by atoms with Crippen molar-refractivity contribution >= 4 is 11.9 Å². The molecule has 0 saturated carbocycles. The van der Waals surface area contributed by atoms with Gasteiger partial charge in [-0.15, -0.1) is 6.58 Å². The maximum atomic E-state index is 12.9. The van der Waals surface area contributed by atoms with E-state index >= 15 is 0 Å². The van der Waals surface area contributed by atoms with Crippen LogP contribution in [0.5, 0.6) is 0 Å². The average molecular weight is 358 g/mol. The van der Waals surface area contributed by atoms with Gasteiger partial charge in [0.05, 0.1) is 18.2 Å². The van der Waals surface area contributed by atoms with E-state index in [0.29, 0.717) is 31.9 Å². The number of nitrogens with zero attached hydrogens (tertiary/aromatic N) is 4. The molecule has 2 aliphatic rings. The van der Waals surface area contributed by atoms with Gasteiger partial charge in [-0.3, -0.25) is 19.5 Å². The topological polar surface area (TPSA) is 75.6 Å². The Labute approximate surface area is 154 Å². The molecule has 0 bridgehead atoms. The quantitative estimate of drug-likeness (QED) is 0.585. The molecule has 2 fully saturated rings. The Morgan fingerprint density at radius 3 is 2.96 bits per heavy atom. The number of aromatic nitrogens is 2. The number of hydrogen-bond acceptors (Lipinski definition) is 6. The molecule has 0 radical (unpaired) electrons. The summed E-state index contributed by atoms with van der Waals surface area (Å²) in [6.45, 7) is 9.32. The molecule has 0 spiro atoms. The summed E-state index contributed by atoms with van der Waals surface area (Å²) in [7, 11) is 0. The first-order valence-corrected chi connectivity index (χ1v) is 9.16. The fourth-order valence-electron chi connectivity index (χ4n) is 4.22. The van der Waals surface area contributed by atoms with E-state index in [1.54, 1.807) is 6.20 Å². The van der Waals surface area contributed by atoms with Crippen molar-refractivity contribution in [1.82, 2.24) is 19.8 Å². The highest BCUT2D eigenvalue weighted by molar-refractivity contribution is 5.92. The zero-order valence-electron chi connectivity index (χ0n) is 15.3. The molecule has 2 saturated heterocycles. The van der Waals surface area contributed by atoms with Crippen LogP contribution in [0.4, 0.5) is 0 Å². The minimum Gasteiger partial charge on any atom is -0.466 e. The third kappa shape index (κ3) is 3.49. The molecule has 3 rings (SSSR count). The number of fused-ring (bicyclic) bond motifs is 1. The summed E-state index contributed by atoms with van der Waals surface area (Å²) >= 11 is 0. The normalized spacial score (nSPS) is 26.0. The first kappa shape index (κ1) is 18.5. The Balaban J connectivity index is 1.83. The minimum absolute atomic E-state index is 0.0459. The van der Waals surface area contributed by atoms with Crippen LogP contribution in [0, 0.1) is 11.3 Å². The van der Waals surface area contributed by atoms with Gasteiger partial charge in [-0.25, -0.2) is 4.98 Å². The van der Waals surface area contributed by atoms with Gasteiger partial charge in [-0.2, -0.15) is 0 Å². The first-order valence-electron chi connectivity index (χ1n) is 9.16. The highest BCUT2D eigenvalue weighted by Gasteiger charge is 2.54. The summed E-state index contributed by atoms with van der Waals surface area (Å²) < 4.78 is 5.43. The summed E-state index contributed by atoms with van der Waals surface area (Å²) in [6, 6.07) is 0. The van der Waals surface area contributed by atoms with Crippen molar-refractivity contribution in [1.29, 1.82) is 0 Å². The third-order valence-electron chi connectivity index (χ3n) is 5.40. The molecule has 0 aromatic carbocycles. The number of carbonyl (C=O) groups is 2. The molecular formula is C19H26N4O3. The fourth-order valence-corrected chi connectivity index (χ4v) is 4.22. The van der Waals surface area contributed by atoms with E-state index in [-0.39, 0.29) is 17.8 Å². The van der Waals surface area contributed by atoms with Gasteiger partial charge in [0.1, 0.15) is 5.69 Å². The molecule has 0 unspecified atom stereocenters. The van der Waals surface area contributed by atoms with Gasteiger partial charge in [0, 0.05) is 51.0 Å². The maximum absolute atomic E-state index is 12.9. The van der Waals surface area contributed by atoms with Gasteiger partial charge in [0.25, 0.3) is 5.91 Å². The van der Waals surface area contributed by atoms with Crippen LogP contribution in [0.15, 0.2) is 31.2 Å². The highest BCUT2D eigenvalue weighted by Crippen LogP contribution is 2.43. The van der Waals surface area contributed by atoms with Gasteiger partial charge in [0.2, 0.25) is 0 Å². The van der Waals surface area contributed by atoms with Crippen LogP contribution in [0.25, 0.3) is 0 Å². The van der Waals surface area contributed by atoms with Crippen molar-refractivity contribution < 1.29 is 14.3 Å². The Kier molecular flexibility index (Phi) is 5.66. The van der Waals surface area contributed by atoms with Gasteiger partial charge < -0.3 is 9.64 Å². The first-order chi connectivity index (χ1) is 12.6. The molecule has 2 aliphatic heterocycles. The summed E-state index contributed by atoms with van der Waals surface area (Å²) in [6.07, 6.45) is 7.92. The zero-order valence-corrected chi connectivity index (χ0v) is 15.3. The largest absolute Gasteiger partial charge is 0.466 e. The van der Waals surface area contributed by atoms with Crippen molar-refractivity contribution in [3.05, 3.63) is 36.9 Å². The number of ether oxygens (including phenoxy) is 1. The number of hydrogen-bond donors (Lipinski definition) is 0. The highest BCUT2D eigenvalue weighted by atomic mass is 16.5. The number of carbonyl (C=O) groups excluding carboxylic acids is 2. The predicted octanol–water partition coefficient (Wildman–Crippen LogP) is 1.38. The summed E-state index contributed by atoms with van der Waals surface area (Å²) in [5.74, 6) is -0.213. The Hall–Kier alpha value is -2.28. The Morgan fingerprint density at radius 2 is 2.27 bits per heavy atom. The molecule has 0 aliphatic carbocycles. The Bertz CT molecular complexity index is 666. The van der Waals surface area contributed by atoms with Gasteiger partial charge >= 0.3 is 5.97 Å². The average Bonchev–Trinajstić information content (AvgIpc) is 2.89. The second kappa shape index (κ2) is 7.95. The molecule has 1 aromatic heterocycles. The molecule has 140 valence electrons. The van der Waals surface area contributed by atoms with E-state index in [0.717, 1.165) is 25.9 Å². The number of likely N-dealkylation sites (tertiary alicyclic amines) is 2. The van der Waals surface area contributed by atoms with E-state index in [2.05, 4.69) is 21.4 Å². The van der Waals surface area contributed by atoms with Gasteiger partial charge in [-0.1, -0.05) is 6.08 Å². The third-order valence-corrected chi connectivity index (χ3v) is 5.40. The molecule has 7 heteroatoms. The lowest BCUT2D eigenvalue weighted by Crippen LogP contribution is -2.43. The van der Waals surface area contributed by atoms with Crippen LogP contribution in [-0.4, -0.2) is 71.0 Å². The minimum atomic E-state index is -0.545. The fraction of sp³-hybridized carbons (Fsp3) is 0.579. The van der Waals surface area contributed by atoms with Crippen molar-refractivity contribution in [3.8, 4) is 0 Å². The van der Waals surface area contributed by atoms with E-state index in [9.17, 15) is 9.59 Å². The second-order valence-corrected chi connectivity index (χ2v) is 7.00. The SMILES string of the molecule is C=CCN1C[C@@H]2CN(C(=O)c3cnccn3)CCC[C@]2(C(=O)OCC)C1. The van der Waals surface area contributed by atoms with Crippen LogP contribution >= 0.6 is 0 Å². The molecule has 7 nitrogen and oxygen atoms in total. The van der Waals surface area contributed by atoms with Crippen molar-refractivity contribution in [2.24, 2.45) is 11.3 Å². The van der Waals surface area contributed by atoms with Gasteiger partial charge in [0.15, 0.2) is 0 Å². The summed E-state index contributed by atoms with van der Waals surface area (Å²) in [4.78, 5) is 37.8. The molecule has 0 N–H and O–H groups in total. The smallest absolute Gasteiger partial charge is 0.313 e. The van der Waals surface area contributed by atoms with Gasteiger partial charge in [-0.05, 0) is 19.8 Å². The molecule has 26 heavy (non-hydrogen) atoms. The van der Waals surface area contributed by atoms with Crippen LogP contribution in [-0.2, 0) is 9.53 Å². The predicted molar refractivity (Wildman–Crippen MR) is 96.4 cm³/mol. The lowest BCUT2D eigenvalue weighted by Gasteiger charge is -2.31. The molecular weight excluding hydrogens is 332 g/mol. The van der Waals surface area contributed by atoms with Crippen LogP contribution < -0.4 is 0 Å². The monoisotopic (exact) mass is 358 g/mol. The summed E-state index contributed by atoms with van der Waals surface area (Å²) in [5, 5.41) is 0. The lowest BCUT2D eigenvalue weighted by atomic mass is 9.75. The Morgan fingerprint density at radius 1 is 1.42 bits per heavy atom. The molecule has 2 atom stereocenters. The van der Waals surface area contributed by atoms with E-state index in [4.69, 9.17) is 4.74 Å². The lowest BCUT2D eigenvalue weighted by molar-refractivity contribution is -0.157. The van der Waals surface area contributed by atoms with Crippen LogP contribution in [0.1, 0.15) is 30.3 Å². The number of amides is 1. The second-order valence-electron chi connectivity index (χ2n) is 7.00. The zero-order chi connectivity index (χ0) is 18.6. The van der Waals surface area contributed by atoms with Crippen molar-refractivity contribution in [2.75, 3.05) is 39.3 Å². The number of esters is 1. The molecule has 3 heterocycles. The standard InChI is InChI=1S/C19H26N4O3/c1-3-9-22-12-15-13-23(17(24)16-11-20-7-8-21-16)10-5-6-19(15,14-22)18(25)26-4-2/h3,7-8,11,15H,1,4-6,9-10,12-14H2,2H3/t15-,19+/m1/s1. The van der Waals surface area contributed by atoms with Crippen molar-refractivity contribution in [2.45, 2.75) is 19.8 Å².